The van der Waals surface area contributed by atoms with Crippen LogP contribution in [0.5, 0.6) is 5.75 Å². The predicted octanol–water partition coefficient (Wildman–Crippen LogP) is 4.28. The van der Waals surface area contributed by atoms with Crippen LogP contribution in [0.2, 0.25) is 0 Å². The summed E-state index contributed by atoms with van der Waals surface area (Å²) >= 11 is 3.40. The molecule has 1 N–H and O–H groups in total. The lowest BCUT2D eigenvalue weighted by Crippen LogP contribution is -1.89. The number of pyridine rings is 2. The zero-order valence-electron chi connectivity index (χ0n) is 10.5. The van der Waals surface area contributed by atoms with Gasteiger partial charge in [-0.15, -0.1) is 0 Å². The molecule has 0 aliphatic heterocycles. The second kappa shape index (κ2) is 5.43. The van der Waals surface area contributed by atoms with Crippen molar-refractivity contribution >= 4 is 15.9 Å². The Balaban J connectivity index is 2.10. The third kappa shape index (κ3) is 2.56. The highest BCUT2D eigenvalue weighted by molar-refractivity contribution is 9.10. The molecule has 0 spiro atoms. The van der Waals surface area contributed by atoms with Crippen LogP contribution in [0.4, 0.5) is 0 Å². The molecule has 3 nitrogen and oxygen atoms in total. The molecule has 98 valence electrons. The zero-order valence-corrected chi connectivity index (χ0v) is 12.1. The maximum Gasteiger partial charge on any atom is 0.141 e. The Morgan fingerprint density at radius 1 is 0.800 bits per heavy atom. The molecule has 3 aromatic rings. The lowest BCUT2D eigenvalue weighted by Gasteiger charge is -2.07. The van der Waals surface area contributed by atoms with Gasteiger partial charge in [0.1, 0.15) is 11.4 Å². The number of hydrogen-bond acceptors (Lipinski definition) is 3. The normalized spacial score (nSPS) is 10.4. The van der Waals surface area contributed by atoms with Gasteiger partial charge in [-0.1, -0.05) is 28.1 Å². The quantitative estimate of drug-likeness (QED) is 0.764. The summed E-state index contributed by atoms with van der Waals surface area (Å²) in [7, 11) is 0. The molecule has 0 saturated carbocycles. The van der Waals surface area contributed by atoms with Crippen LogP contribution in [0, 0.1) is 0 Å². The van der Waals surface area contributed by atoms with Crippen molar-refractivity contribution in [3.05, 3.63) is 65.4 Å². The van der Waals surface area contributed by atoms with Crippen molar-refractivity contribution < 1.29 is 5.11 Å². The van der Waals surface area contributed by atoms with Gasteiger partial charge in [-0.2, -0.15) is 0 Å². The van der Waals surface area contributed by atoms with E-state index in [0.717, 1.165) is 21.3 Å². The van der Waals surface area contributed by atoms with Crippen LogP contribution in [-0.2, 0) is 0 Å². The average Bonchev–Trinajstić information content (AvgIpc) is 2.50. The second-order valence-corrected chi connectivity index (χ2v) is 5.22. The monoisotopic (exact) mass is 326 g/mol. The Bertz CT molecular complexity index is 727. The highest BCUT2D eigenvalue weighted by Gasteiger charge is 2.08. The first-order valence-electron chi connectivity index (χ1n) is 6.10. The molecule has 0 atom stereocenters. The number of aromatic nitrogens is 2. The lowest BCUT2D eigenvalue weighted by atomic mass is 10.1. The minimum atomic E-state index is 0.171. The topological polar surface area (TPSA) is 46.0 Å². The predicted molar refractivity (Wildman–Crippen MR) is 82.3 cm³/mol. The highest BCUT2D eigenvalue weighted by atomic mass is 79.9. The molecular formula is C16H11BrN2O. The molecule has 0 aliphatic rings. The maximum absolute atomic E-state index is 10.0. The zero-order chi connectivity index (χ0) is 13.9. The third-order valence-corrected chi connectivity index (χ3v) is 3.50. The lowest BCUT2D eigenvalue weighted by molar-refractivity contribution is 0.475. The van der Waals surface area contributed by atoms with Crippen LogP contribution in [-0.4, -0.2) is 15.1 Å². The van der Waals surface area contributed by atoms with E-state index in [2.05, 4.69) is 25.9 Å². The van der Waals surface area contributed by atoms with Crippen molar-refractivity contribution in [3.63, 3.8) is 0 Å². The van der Waals surface area contributed by atoms with Gasteiger partial charge in [0.2, 0.25) is 0 Å². The molecule has 0 fully saturated rings. The van der Waals surface area contributed by atoms with Gasteiger partial charge < -0.3 is 5.11 Å². The van der Waals surface area contributed by atoms with Crippen LogP contribution in [0.1, 0.15) is 0 Å². The number of nitrogens with zero attached hydrogens (tertiary/aromatic N) is 2. The number of halogens is 1. The molecule has 0 amide bonds. The van der Waals surface area contributed by atoms with Crippen molar-refractivity contribution in [2.75, 3.05) is 0 Å². The molecular weight excluding hydrogens is 316 g/mol. The van der Waals surface area contributed by atoms with E-state index >= 15 is 0 Å². The minimum absolute atomic E-state index is 0.171. The summed E-state index contributed by atoms with van der Waals surface area (Å²) in [5, 5.41) is 10.0. The van der Waals surface area contributed by atoms with Gasteiger partial charge in [0, 0.05) is 28.0 Å². The molecule has 1 aromatic carbocycles. The molecule has 0 bridgehead atoms. The average molecular weight is 327 g/mol. The van der Waals surface area contributed by atoms with E-state index in [-0.39, 0.29) is 5.75 Å². The smallest absolute Gasteiger partial charge is 0.141 e. The van der Waals surface area contributed by atoms with Crippen LogP contribution >= 0.6 is 15.9 Å². The van der Waals surface area contributed by atoms with Crippen molar-refractivity contribution in [1.82, 2.24) is 9.97 Å². The van der Waals surface area contributed by atoms with Gasteiger partial charge in [-0.3, -0.25) is 4.98 Å². The fourth-order valence-corrected chi connectivity index (χ4v) is 2.22. The molecule has 0 aliphatic carbocycles. The van der Waals surface area contributed by atoms with E-state index < -0.39 is 0 Å². The van der Waals surface area contributed by atoms with Crippen molar-refractivity contribution in [2.45, 2.75) is 0 Å². The molecule has 2 aromatic heterocycles. The number of benzene rings is 1. The molecule has 20 heavy (non-hydrogen) atoms. The Morgan fingerprint density at radius 2 is 1.50 bits per heavy atom. The summed E-state index contributed by atoms with van der Waals surface area (Å²) in [6.07, 6.45) is 3.45. The van der Waals surface area contributed by atoms with Crippen LogP contribution in [0.15, 0.2) is 65.4 Å². The third-order valence-electron chi connectivity index (χ3n) is 2.97. The number of rotatable bonds is 2. The van der Waals surface area contributed by atoms with Crippen LogP contribution in [0.25, 0.3) is 22.5 Å². The van der Waals surface area contributed by atoms with Gasteiger partial charge in [0.05, 0.1) is 5.69 Å². The van der Waals surface area contributed by atoms with Crippen molar-refractivity contribution in [2.24, 2.45) is 0 Å². The Morgan fingerprint density at radius 3 is 2.20 bits per heavy atom. The first-order chi connectivity index (χ1) is 9.74. The van der Waals surface area contributed by atoms with E-state index in [1.165, 1.54) is 0 Å². The molecule has 0 radical (unpaired) electrons. The Hall–Kier alpha value is -2.20. The summed E-state index contributed by atoms with van der Waals surface area (Å²) in [6.45, 7) is 0. The van der Waals surface area contributed by atoms with E-state index in [1.807, 2.05) is 36.4 Å². The first kappa shape index (κ1) is 12.8. The van der Waals surface area contributed by atoms with E-state index in [1.54, 1.807) is 24.5 Å². The SMILES string of the molecule is Oc1ccc(-c2ccncc2)nc1-c1ccc(Br)cc1. The molecule has 3 rings (SSSR count). The van der Waals surface area contributed by atoms with Crippen molar-refractivity contribution in [1.29, 1.82) is 0 Å². The molecule has 0 saturated heterocycles. The minimum Gasteiger partial charge on any atom is -0.506 e. The van der Waals surface area contributed by atoms with Gasteiger partial charge >= 0.3 is 0 Å². The van der Waals surface area contributed by atoms with E-state index in [0.29, 0.717) is 5.69 Å². The summed E-state index contributed by atoms with van der Waals surface area (Å²) < 4.78 is 0.992. The fraction of sp³-hybridized carbons (Fsp3) is 0. The van der Waals surface area contributed by atoms with Gasteiger partial charge in [-0.05, 0) is 36.4 Å². The highest BCUT2D eigenvalue weighted by Crippen LogP contribution is 2.30. The first-order valence-corrected chi connectivity index (χ1v) is 6.90. The summed E-state index contributed by atoms with van der Waals surface area (Å²) in [6, 6.07) is 14.9. The second-order valence-electron chi connectivity index (χ2n) is 4.31. The molecule has 2 heterocycles. The Kier molecular flexibility index (Phi) is 3.48. The van der Waals surface area contributed by atoms with Crippen molar-refractivity contribution in [3.8, 4) is 28.3 Å². The van der Waals surface area contributed by atoms with Gasteiger partial charge in [-0.25, -0.2) is 4.98 Å². The summed E-state index contributed by atoms with van der Waals surface area (Å²) in [5.41, 5.74) is 3.23. The molecule has 0 unspecified atom stereocenters. The maximum atomic E-state index is 10.0. The molecule has 4 heteroatoms. The summed E-state index contributed by atoms with van der Waals surface area (Å²) in [5.74, 6) is 0.171. The van der Waals surface area contributed by atoms with Crippen LogP contribution < -0.4 is 0 Å². The van der Waals surface area contributed by atoms with Crippen LogP contribution in [0.3, 0.4) is 0 Å². The number of hydrogen-bond donors (Lipinski definition) is 1. The van der Waals surface area contributed by atoms with Gasteiger partial charge in [0.15, 0.2) is 0 Å². The standard InChI is InChI=1S/C16H11BrN2O/c17-13-3-1-12(2-4-13)16-15(20)6-5-14(19-16)11-7-9-18-10-8-11/h1-10,20H. The Labute approximate surface area is 125 Å². The van der Waals surface area contributed by atoms with E-state index in [4.69, 9.17) is 0 Å². The van der Waals surface area contributed by atoms with E-state index in [9.17, 15) is 5.11 Å². The number of aromatic hydroxyl groups is 1. The van der Waals surface area contributed by atoms with Gasteiger partial charge in [0.25, 0.3) is 0 Å². The largest absolute Gasteiger partial charge is 0.506 e. The fourth-order valence-electron chi connectivity index (χ4n) is 1.96. The summed E-state index contributed by atoms with van der Waals surface area (Å²) in [4.78, 5) is 8.55.